The number of anilines is 2. The molecule has 0 amide bonds. The van der Waals surface area contributed by atoms with Crippen LogP contribution in [-0.4, -0.2) is 73.7 Å². The number of halogens is 2. The highest BCUT2D eigenvalue weighted by Crippen LogP contribution is 2.49. The number of alkyl halides is 2. The summed E-state index contributed by atoms with van der Waals surface area (Å²) in [4.78, 5) is 24.7. The minimum atomic E-state index is -4.32. The van der Waals surface area contributed by atoms with Crippen LogP contribution in [0.25, 0.3) is 11.2 Å². The van der Waals surface area contributed by atoms with Crippen LogP contribution in [0.2, 0.25) is 0 Å². The maximum Gasteiger partial charge on any atom is 0.459 e. The first-order chi connectivity index (χ1) is 18.8. The first-order valence-electron chi connectivity index (χ1n) is 12.2. The molecule has 1 aliphatic heterocycles. The van der Waals surface area contributed by atoms with Crippen LogP contribution in [0.1, 0.15) is 27.0 Å². The Labute approximate surface area is 233 Å². The van der Waals surface area contributed by atoms with E-state index in [2.05, 4.69) is 25.4 Å². The Kier molecular flexibility index (Phi) is 8.83. The molecule has 0 radical (unpaired) electrons. The van der Waals surface area contributed by atoms with E-state index in [0.29, 0.717) is 0 Å². The van der Waals surface area contributed by atoms with Crippen molar-refractivity contribution in [3.63, 3.8) is 0 Å². The topological polar surface area (TPSA) is 185 Å². The summed E-state index contributed by atoms with van der Waals surface area (Å²) >= 11 is 6.12. The van der Waals surface area contributed by atoms with Gasteiger partial charge in [0, 0.05) is 7.05 Å². The van der Waals surface area contributed by atoms with Gasteiger partial charge in [-0.15, -0.1) is 0 Å². The van der Waals surface area contributed by atoms with Gasteiger partial charge in [-0.3, -0.25) is 13.9 Å². The smallest absolute Gasteiger partial charge is 0.459 e. The molecule has 1 aliphatic rings. The van der Waals surface area contributed by atoms with Crippen LogP contribution in [0, 0.1) is 0 Å². The number of fused-ring (bicyclic) bond motifs is 1. The fourth-order valence-corrected chi connectivity index (χ4v) is 5.69. The molecule has 17 heteroatoms. The number of ether oxygens (including phenoxy) is 2. The van der Waals surface area contributed by atoms with Crippen molar-refractivity contribution in [1.82, 2.24) is 24.6 Å². The van der Waals surface area contributed by atoms with E-state index < -0.39 is 56.0 Å². The number of aliphatic hydroxyl groups is 1. The van der Waals surface area contributed by atoms with Crippen LogP contribution in [0.4, 0.5) is 16.2 Å². The molecule has 0 unspecified atom stereocenters. The molecule has 218 valence electrons. The number of nitrogens with one attached hydrogen (secondary N) is 2. The van der Waals surface area contributed by atoms with Gasteiger partial charge in [0.25, 0.3) is 5.13 Å². The lowest BCUT2D eigenvalue weighted by Crippen LogP contribution is -2.40. The normalized spacial score (nSPS) is 25.1. The average Bonchev–Trinajstić information content (AvgIpc) is 3.40. The van der Waals surface area contributed by atoms with E-state index in [0.717, 1.165) is 4.57 Å². The molecular formula is C23H30ClFN7O7P. The monoisotopic (exact) mass is 601 g/mol. The molecule has 0 saturated carbocycles. The van der Waals surface area contributed by atoms with E-state index in [1.807, 2.05) is 0 Å². The van der Waals surface area contributed by atoms with Crippen molar-refractivity contribution in [1.29, 1.82) is 0 Å². The van der Waals surface area contributed by atoms with Gasteiger partial charge in [-0.1, -0.05) is 29.8 Å². The SMILES string of the molecule is CNc1nc(N)nc2c1ncn2[C@@H]1O[C@H](CO[P@](=O)(N[C@@H](C)C(=O)OC(C)C)Oc2ccccc2)[C@@H](O)[C@@]1(F)Cl. The Balaban J connectivity index is 1.56. The van der Waals surface area contributed by atoms with Gasteiger partial charge < -0.3 is 30.2 Å². The van der Waals surface area contributed by atoms with Gasteiger partial charge in [0.2, 0.25) is 5.95 Å². The Bertz CT molecular complexity index is 1400. The van der Waals surface area contributed by atoms with Crippen molar-refractivity contribution in [3.8, 4) is 5.75 Å². The summed E-state index contributed by atoms with van der Waals surface area (Å²) < 4.78 is 52.6. The van der Waals surface area contributed by atoms with E-state index in [9.17, 15) is 14.5 Å². The maximum atomic E-state index is 15.7. The van der Waals surface area contributed by atoms with Crippen molar-refractivity contribution in [2.45, 2.75) is 56.5 Å². The minimum absolute atomic E-state index is 0.0931. The van der Waals surface area contributed by atoms with E-state index in [-0.39, 0.29) is 28.7 Å². The molecule has 0 bridgehead atoms. The quantitative estimate of drug-likeness (QED) is 0.143. The van der Waals surface area contributed by atoms with Crippen LogP contribution >= 0.6 is 19.3 Å². The van der Waals surface area contributed by atoms with E-state index in [1.54, 1.807) is 39.1 Å². The first kappa shape index (κ1) is 29.9. The second-order valence-corrected chi connectivity index (χ2v) is 11.5. The molecule has 0 spiro atoms. The lowest BCUT2D eigenvalue weighted by Gasteiger charge is -2.25. The van der Waals surface area contributed by atoms with E-state index >= 15 is 4.39 Å². The number of esters is 1. The molecule has 14 nitrogen and oxygen atoms in total. The zero-order valence-corrected chi connectivity index (χ0v) is 23.7. The summed E-state index contributed by atoms with van der Waals surface area (Å²) in [6, 6.07) is 6.93. The molecule has 5 N–H and O–H groups in total. The maximum absolute atomic E-state index is 15.7. The number of carbonyl (C=O) groups excluding carboxylic acids is 1. The molecule has 1 aromatic carbocycles. The fraction of sp³-hybridized carbons (Fsp3) is 0.478. The van der Waals surface area contributed by atoms with Gasteiger partial charge in [0.1, 0.15) is 24.0 Å². The number of imidazole rings is 1. The third-order valence-electron chi connectivity index (χ3n) is 5.74. The number of nitrogen functional groups attached to an aromatic ring is 1. The van der Waals surface area contributed by atoms with Crippen molar-refractivity contribution in [2.75, 3.05) is 24.7 Å². The molecule has 3 heterocycles. The molecule has 1 fully saturated rings. The summed E-state index contributed by atoms with van der Waals surface area (Å²) in [6.45, 7) is 4.09. The van der Waals surface area contributed by atoms with Crippen LogP contribution in [0.15, 0.2) is 36.7 Å². The molecule has 1 saturated heterocycles. The number of aromatic nitrogens is 4. The highest BCUT2D eigenvalue weighted by Gasteiger charge is 2.58. The largest absolute Gasteiger partial charge is 0.462 e. The highest BCUT2D eigenvalue weighted by molar-refractivity contribution is 7.52. The summed E-state index contributed by atoms with van der Waals surface area (Å²) in [5.41, 5.74) is 6.12. The number of rotatable bonds is 11. The third-order valence-corrected chi connectivity index (χ3v) is 7.80. The Hall–Kier alpha value is -3.07. The van der Waals surface area contributed by atoms with Crippen LogP contribution in [-0.2, 0) is 23.4 Å². The predicted octanol–water partition coefficient (Wildman–Crippen LogP) is 2.75. The number of para-hydroxylation sites is 1. The lowest BCUT2D eigenvalue weighted by atomic mass is 10.1. The minimum Gasteiger partial charge on any atom is -0.462 e. The fourth-order valence-electron chi connectivity index (χ4n) is 3.89. The van der Waals surface area contributed by atoms with E-state index in [4.69, 9.17) is 35.9 Å². The van der Waals surface area contributed by atoms with Gasteiger partial charge in [0.15, 0.2) is 23.2 Å². The van der Waals surface area contributed by atoms with Gasteiger partial charge in [-0.2, -0.15) is 15.1 Å². The number of nitrogens with two attached hydrogens (primary N) is 1. The average molecular weight is 602 g/mol. The molecule has 4 rings (SSSR count). The van der Waals surface area contributed by atoms with Crippen LogP contribution < -0.4 is 20.7 Å². The number of carbonyl (C=O) groups is 1. The summed E-state index contributed by atoms with van der Waals surface area (Å²) in [7, 11) is -2.73. The second kappa shape index (κ2) is 11.8. The molecule has 6 atom stereocenters. The molecule has 3 aromatic rings. The third kappa shape index (κ3) is 6.29. The molecule has 0 aliphatic carbocycles. The van der Waals surface area contributed by atoms with Crippen molar-refractivity contribution >= 4 is 48.2 Å². The summed E-state index contributed by atoms with van der Waals surface area (Å²) in [5, 5.41) is 13.2. The van der Waals surface area contributed by atoms with Gasteiger partial charge >= 0.3 is 13.7 Å². The summed E-state index contributed by atoms with van der Waals surface area (Å²) in [5.74, 6) is -0.376. The second-order valence-electron chi connectivity index (χ2n) is 9.18. The lowest BCUT2D eigenvalue weighted by molar-refractivity contribution is -0.149. The van der Waals surface area contributed by atoms with Crippen LogP contribution in [0.3, 0.4) is 0 Å². The van der Waals surface area contributed by atoms with Gasteiger partial charge in [0.05, 0.1) is 19.0 Å². The predicted molar refractivity (Wildman–Crippen MR) is 143 cm³/mol. The summed E-state index contributed by atoms with van der Waals surface area (Å²) in [6.07, 6.45) is -4.22. The number of aliphatic hydroxyl groups excluding tert-OH is 1. The van der Waals surface area contributed by atoms with Gasteiger partial charge in [-0.25, -0.2) is 13.9 Å². The highest BCUT2D eigenvalue weighted by atomic mass is 35.5. The number of hydrogen-bond acceptors (Lipinski definition) is 12. The Morgan fingerprint density at radius 1 is 1.32 bits per heavy atom. The first-order valence-corrected chi connectivity index (χ1v) is 14.1. The van der Waals surface area contributed by atoms with Crippen molar-refractivity contribution in [2.24, 2.45) is 0 Å². The standard InChI is InChI=1S/C23H30ClFN7O7P/c1-12(2)37-20(34)13(3)31-40(35,39-14-8-6-5-7-9-14)36-10-15-17(33)23(24,25)21(38-15)32-11-28-16-18(27-4)29-22(26)30-19(16)32/h5-9,11-13,15,17,21,33H,10H2,1-4H3,(H,31,35)(H3,26,27,29,30)/t13-,15+,17+,21+,23-,40+/m0/s1. The van der Waals surface area contributed by atoms with E-state index in [1.165, 1.54) is 25.4 Å². The number of benzene rings is 1. The Morgan fingerprint density at radius 2 is 2.02 bits per heavy atom. The molecule has 40 heavy (non-hydrogen) atoms. The molecular weight excluding hydrogens is 572 g/mol. The number of nitrogens with zero attached hydrogens (tertiary/aromatic N) is 4. The van der Waals surface area contributed by atoms with Gasteiger partial charge in [-0.05, 0) is 32.9 Å². The Morgan fingerprint density at radius 3 is 2.67 bits per heavy atom. The van der Waals surface area contributed by atoms with Crippen LogP contribution in [0.5, 0.6) is 5.75 Å². The van der Waals surface area contributed by atoms with Crippen molar-refractivity contribution < 1.29 is 37.4 Å². The van der Waals surface area contributed by atoms with Crippen molar-refractivity contribution in [3.05, 3.63) is 36.7 Å². The molecule has 2 aromatic heterocycles. The zero-order valence-electron chi connectivity index (χ0n) is 22.0. The zero-order chi connectivity index (χ0) is 29.2. The number of hydrogen-bond donors (Lipinski definition) is 4.